The lowest BCUT2D eigenvalue weighted by molar-refractivity contribution is -0.197. The molecule has 0 spiro atoms. The van der Waals surface area contributed by atoms with E-state index in [-0.39, 0.29) is 38.0 Å². The molecule has 1 heterocycles. The third-order valence-corrected chi connectivity index (χ3v) is 3.32. The van der Waals surface area contributed by atoms with Crippen LogP contribution in [0.1, 0.15) is 37.7 Å². The van der Waals surface area contributed by atoms with Crippen LogP contribution in [0.4, 0.5) is 5.69 Å². The summed E-state index contributed by atoms with van der Waals surface area (Å²) in [5.41, 5.74) is 1.79. The lowest BCUT2D eigenvalue weighted by Gasteiger charge is -2.12. The fraction of sp³-hybridized carbons (Fsp3) is 0.375. The Morgan fingerprint density at radius 3 is 2.30 bits per heavy atom. The van der Waals surface area contributed by atoms with Crippen molar-refractivity contribution in [2.75, 3.05) is 5.32 Å². The molecule has 1 N–H and O–H groups in total. The summed E-state index contributed by atoms with van der Waals surface area (Å²) in [6.07, 6.45) is 0.492. The van der Waals surface area contributed by atoms with Gasteiger partial charge in [0.15, 0.2) is 0 Å². The molecule has 1 fully saturated rings. The normalized spacial score (nSPS) is 14.0. The number of amides is 3. The number of hydroxylamine groups is 2. The average Bonchev–Trinajstić information content (AvgIpc) is 2.81. The number of imide groups is 1. The number of hydrogen-bond acceptors (Lipinski definition) is 5. The molecule has 7 nitrogen and oxygen atoms in total. The van der Waals surface area contributed by atoms with Crippen LogP contribution >= 0.6 is 0 Å². The number of benzene rings is 1. The van der Waals surface area contributed by atoms with Crippen molar-refractivity contribution in [2.45, 2.75) is 39.0 Å². The monoisotopic (exact) mass is 318 g/mol. The van der Waals surface area contributed by atoms with Gasteiger partial charge in [-0.05, 0) is 25.5 Å². The predicted molar refractivity (Wildman–Crippen MR) is 80.8 cm³/mol. The molecule has 1 aromatic rings. The summed E-state index contributed by atoms with van der Waals surface area (Å²) in [6.45, 7) is 1.95. The van der Waals surface area contributed by atoms with Crippen molar-refractivity contribution in [3.8, 4) is 0 Å². The zero-order chi connectivity index (χ0) is 16.8. The summed E-state index contributed by atoms with van der Waals surface area (Å²) in [5, 5.41) is 3.23. The minimum Gasteiger partial charge on any atom is -0.330 e. The van der Waals surface area contributed by atoms with Gasteiger partial charge in [0.25, 0.3) is 11.8 Å². The first-order chi connectivity index (χ1) is 11.0. The Morgan fingerprint density at radius 1 is 1.09 bits per heavy atom. The fourth-order valence-electron chi connectivity index (χ4n) is 2.06. The van der Waals surface area contributed by atoms with Crippen molar-refractivity contribution in [3.63, 3.8) is 0 Å². The zero-order valence-electron chi connectivity index (χ0n) is 12.8. The van der Waals surface area contributed by atoms with Gasteiger partial charge >= 0.3 is 5.97 Å². The Bertz CT molecular complexity index is 608. The van der Waals surface area contributed by atoms with Crippen LogP contribution in [0.15, 0.2) is 24.3 Å². The molecule has 1 aliphatic rings. The van der Waals surface area contributed by atoms with Crippen molar-refractivity contribution >= 4 is 29.4 Å². The summed E-state index contributed by atoms with van der Waals surface area (Å²) < 4.78 is 0. The number of aryl methyl sites for hydroxylation is 1. The minimum absolute atomic E-state index is 0.0433. The lowest BCUT2D eigenvalue weighted by atomic mass is 10.2. The van der Waals surface area contributed by atoms with E-state index in [1.807, 2.05) is 19.1 Å². The Labute approximate surface area is 133 Å². The third kappa shape index (κ3) is 4.91. The summed E-state index contributed by atoms with van der Waals surface area (Å²) in [6, 6.07) is 7.37. The molecule has 2 rings (SSSR count). The summed E-state index contributed by atoms with van der Waals surface area (Å²) in [7, 11) is 0. The number of nitrogens with one attached hydrogen (secondary N) is 1. The molecule has 1 saturated heterocycles. The van der Waals surface area contributed by atoms with Gasteiger partial charge in [-0.1, -0.05) is 17.7 Å². The molecule has 0 radical (unpaired) electrons. The van der Waals surface area contributed by atoms with Crippen molar-refractivity contribution in [3.05, 3.63) is 29.8 Å². The second-order valence-electron chi connectivity index (χ2n) is 5.31. The summed E-state index contributed by atoms with van der Waals surface area (Å²) in [4.78, 5) is 50.6. The second-order valence-corrected chi connectivity index (χ2v) is 5.31. The van der Waals surface area contributed by atoms with Crippen molar-refractivity contribution < 1.29 is 24.0 Å². The molecule has 0 atom stereocenters. The van der Waals surface area contributed by atoms with E-state index in [0.29, 0.717) is 10.8 Å². The number of rotatable bonds is 6. The zero-order valence-corrected chi connectivity index (χ0v) is 12.8. The van der Waals surface area contributed by atoms with Crippen LogP contribution in [0.2, 0.25) is 0 Å². The highest BCUT2D eigenvalue weighted by Gasteiger charge is 2.32. The van der Waals surface area contributed by atoms with E-state index in [4.69, 9.17) is 4.84 Å². The highest BCUT2D eigenvalue weighted by molar-refractivity contribution is 6.01. The van der Waals surface area contributed by atoms with Crippen LogP contribution in [0.25, 0.3) is 0 Å². The molecule has 1 aliphatic heterocycles. The first kappa shape index (κ1) is 16.7. The van der Waals surface area contributed by atoms with E-state index in [1.54, 1.807) is 12.1 Å². The van der Waals surface area contributed by atoms with Gasteiger partial charge in [0, 0.05) is 31.4 Å². The summed E-state index contributed by atoms with van der Waals surface area (Å²) >= 11 is 0. The third-order valence-electron chi connectivity index (χ3n) is 3.32. The quantitative estimate of drug-likeness (QED) is 0.806. The van der Waals surface area contributed by atoms with Gasteiger partial charge in [-0.25, -0.2) is 4.79 Å². The molecular weight excluding hydrogens is 300 g/mol. The molecule has 0 saturated carbocycles. The molecule has 7 heteroatoms. The van der Waals surface area contributed by atoms with E-state index >= 15 is 0 Å². The highest BCUT2D eigenvalue weighted by atomic mass is 16.7. The number of anilines is 1. The number of hydrogen-bond donors (Lipinski definition) is 1. The van der Waals surface area contributed by atoms with Crippen LogP contribution in [0.3, 0.4) is 0 Å². The highest BCUT2D eigenvalue weighted by Crippen LogP contribution is 2.14. The molecule has 0 unspecified atom stereocenters. The van der Waals surface area contributed by atoms with Gasteiger partial charge in [0.2, 0.25) is 5.91 Å². The molecule has 0 aromatic heterocycles. The largest absolute Gasteiger partial charge is 0.333 e. The lowest BCUT2D eigenvalue weighted by Crippen LogP contribution is -2.32. The molecule has 23 heavy (non-hydrogen) atoms. The molecule has 0 bridgehead atoms. The Hall–Kier alpha value is -2.70. The van der Waals surface area contributed by atoms with E-state index in [1.165, 1.54) is 0 Å². The van der Waals surface area contributed by atoms with Crippen LogP contribution in [-0.2, 0) is 24.0 Å². The van der Waals surface area contributed by atoms with Gasteiger partial charge in [-0.3, -0.25) is 14.4 Å². The average molecular weight is 318 g/mol. The topological polar surface area (TPSA) is 92.8 Å². The Kier molecular flexibility index (Phi) is 5.46. The van der Waals surface area contributed by atoms with Gasteiger partial charge in [-0.2, -0.15) is 0 Å². The number of carbonyl (C=O) groups excluding carboxylic acids is 4. The SMILES string of the molecule is Cc1ccc(NC(=O)CCCC(=O)ON2C(=O)CCC2=O)cc1. The number of carbonyl (C=O) groups is 4. The Morgan fingerprint density at radius 2 is 1.70 bits per heavy atom. The standard InChI is InChI=1S/C16H18N2O5/c1-11-5-7-12(8-6-11)17-13(19)3-2-4-16(22)23-18-14(20)9-10-15(18)21/h5-8H,2-4,9-10H2,1H3,(H,17,19). The first-order valence-corrected chi connectivity index (χ1v) is 7.39. The smallest absolute Gasteiger partial charge is 0.330 e. The molecular formula is C16H18N2O5. The maximum atomic E-state index is 11.7. The van der Waals surface area contributed by atoms with Gasteiger partial charge in [-0.15, -0.1) is 5.06 Å². The van der Waals surface area contributed by atoms with E-state index < -0.39 is 17.8 Å². The Balaban J connectivity index is 1.68. The predicted octanol–water partition coefficient (Wildman–Crippen LogP) is 1.71. The van der Waals surface area contributed by atoms with Crippen molar-refractivity contribution in [1.29, 1.82) is 0 Å². The summed E-state index contributed by atoms with van der Waals surface area (Å²) in [5.74, 6) is -1.94. The van der Waals surface area contributed by atoms with Crippen LogP contribution in [0, 0.1) is 6.92 Å². The van der Waals surface area contributed by atoms with Crippen molar-refractivity contribution in [1.82, 2.24) is 5.06 Å². The molecule has 122 valence electrons. The number of nitrogens with zero attached hydrogens (tertiary/aromatic N) is 1. The van der Waals surface area contributed by atoms with Gasteiger partial charge in [0.05, 0.1) is 0 Å². The van der Waals surface area contributed by atoms with E-state index in [9.17, 15) is 19.2 Å². The molecule has 1 aromatic carbocycles. The molecule has 0 aliphatic carbocycles. The van der Waals surface area contributed by atoms with Crippen LogP contribution in [-0.4, -0.2) is 28.8 Å². The van der Waals surface area contributed by atoms with E-state index in [0.717, 1.165) is 5.56 Å². The maximum absolute atomic E-state index is 11.7. The molecule has 3 amide bonds. The second kappa shape index (κ2) is 7.53. The van der Waals surface area contributed by atoms with Crippen LogP contribution in [0.5, 0.6) is 0 Å². The maximum Gasteiger partial charge on any atom is 0.333 e. The van der Waals surface area contributed by atoms with Crippen LogP contribution < -0.4 is 5.32 Å². The minimum atomic E-state index is -0.697. The fourth-order valence-corrected chi connectivity index (χ4v) is 2.06. The van der Waals surface area contributed by atoms with Crippen molar-refractivity contribution in [2.24, 2.45) is 0 Å². The van der Waals surface area contributed by atoms with Gasteiger partial charge < -0.3 is 10.2 Å². The first-order valence-electron chi connectivity index (χ1n) is 7.39. The van der Waals surface area contributed by atoms with E-state index in [2.05, 4.69) is 5.32 Å². The van der Waals surface area contributed by atoms with Gasteiger partial charge in [0.1, 0.15) is 0 Å².